The summed E-state index contributed by atoms with van der Waals surface area (Å²) in [5.74, 6) is 0.0103. The van der Waals surface area contributed by atoms with Gasteiger partial charge in [-0.05, 0) is 62.8 Å². The number of urea groups is 2. The summed E-state index contributed by atoms with van der Waals surface area (Å²) in [7, 11) is 0. The molecule has 0 aromatic heterocycles. The molecule has 0 unspecified atom stereocenters. The number of ether oxygens (including phenoxy) is 1. The molecular weight excluding hydrogens is 504 g/mol. The van der Waals surface area contributed by atoms with Crippen molar-refractivity contribution < 1.29 is 19.1 Å². The van der Waals surface area contributed by atoms with Crippen LogP contribution in [0.2, 0.25) is 0 Å². The van der Waals surface area contributed by atoms with E-state index in [1.165, 1.54) is 29.1 Å². The quantitative estimate of drug-likeness (QED) is 0.366. The smallest absolute Gasteiger partial charge is 0.328 e. The van der Waals surface area contributed by atoms with E-state index in [-0.39, 0.29) is 19.6 Å². The van der Waals surface area contributed by atoms with E-state index in [9.17, 15) is 14.4 Å². The first-order valence-corrected chi connectivity index (χ1v) is 14.2. The zero-order valence-electron chi connectivity index (χ0n) is 24.0. The Morgan fingerprint density at radius 1 is 0.950 bits per heavy atom. The van der Waals surface area contributed by atoms with E-state index in [2.05, 4.69) is 11.4 Å². The van der Waals surface area contributed by atoms with Crippen LogP contribution in [0.15, 0.2) is 54.6 Å². The van der Waals surface area contributed by atoms with Gasteiger partial charge in [0, 0.05) is 19.6 Å². The third kappa shape index (κ3) is 10.4. The van der Waals surface area contributed by atoms with Crippen molar-refractivity contribution >= 4 is 18.0 Å². The number of benzene rings is 2. The molecule has 0 atom stereocenters. The number of amides is 4. The number of hydrogen-bond acceptors (Lipinski definition) is 5. The average molecular weight is 547 g/mol. The van der Waals surface area contributed by atoms with Crippen molar-refractivity contribution in [3.8, 4) is 6.07 Å². The molecule has 0 radical (unpaired) electrons. The van der Waals surface area contributed by atoms with Crippen LogP contribution >= 0.6 is 0 Å². The topological polar surface area (TPSA) is 103 Å². The number of nitrogens with zero attached hydrogens (tertiary/aromatic N) is 3. The Morgan fingerprint density at radius 2 is 1.62 bits per heavy atom. The highest BCUT2D eigenvalue weighted by Crippen LogP contribution is 2.26. The highest BCUT2D eigenvalue weighted by molar-refractivity contribution is 5.94. The summed E-state index contributed by atoms with van der Waals surface area (Å²) in [4.78, 5) is 42.8. The van der Waals surface area contributed by atoms with Gasteiger partial charge >= 0.3 is 18.0 Å². The fourth-order valence-corrected chi connectivity index (χ4v) is 4.90. The highest BCUT2D eigenvalue weighted by atomic mass is 16.6. The van der Waals surface area contributed by atoms with Crippen LogP contribution in [0.25, 0.3) is 0 Å². The average Bonchev–Trinajstić information content (AvgIpc) is 2.94. The molecule has 3 rings (SSSR count). The van der Waals surface area contributed by atoms with E-state index in [0.29, 0.717) is 24.4 Å². The number of nitrogens with one attached hydrogen (secondary N) is 1. The summed E-state index contributed by atoms with van der Waals surface area (Å²) >= 11 is 0. The van der Waals surface area contributed by atoms with Gasteiger partial charge in [-0.2, -0.15) is 5.26 Å². The molecule has 1 aliphatic rings. The molecule has 0 saturated heterocycles. The van der Waals surface area contributed by atoms with Crippen molar-refractivity contribution in [2.45, 2.75) is 77.9 Å². The van der Waals surface area contributed by atoms with Gasteiger partial charge in [0.25, 0.3) is 0 Å². The molecule has 214 valence electrons. The summed E-state index contributed by atoms with van der Waals surface area (Å²) < 4.78 is 5.53. The number of hydrogen-bond donors (Lipinski definition) is 1. The van der Waals surface area contributed by atoms with Crippen LogP contribution in [0.4, 0.5) is 9.59 Å². The molecule has 1 saturated carbocycles. The second kappa shape index (κ2) is 15.1. The van der Waals surface area contributed by atoms with E-state index in [4.69, 9.17) is 10.00 Å². The molecule has 4 amide bonds. The third-order valence-electron chi connectivity index (χ3n) is 7.01. The normalized spacial score (nSPS) is 13.7. The Labute approximate surface area is 238 Å². The Bertz CT molecular complexity index is 1150. The van der Waals surface area contributed by atoms with Gasteiger partial charge in [-0.15, -0.1) is 0 Å². The maximum atomic E-state index is 13.9. The van der Waals surface area contributed by atoms with E-state index in [1.54, 1.807) is 45.0 Å². The van der Waals surface area contributed by atoms with Crippen molar-refractivity contribution in [2.75, 3.05) is 19.6 Å². The number of rotatable bonds is 10. The lowest BCUT2D eigenvalue weighted by Crippen LogP contribution is -2.52. The predicted molar refractivity (Wildman–Crippen MR) is 154 cm³/mol. The summed E-state index contributed by atoms with van der Waals surface area (Å²) in [6.07, 6.45) is 7.13. The van der Waals surface area contributed by atoms with E-state index in [1.807, 2.05) is 30.3 Å². The number of esters is 1. The molecule has 8 heteroatoms. The molecule has 8 nitrogen and oxygen atoms in total. The van der Waals surface area contributed by atoms with Gasteiger partial charge in [-0.1, -0.05) is 74.6 Å². The van der Waals surface area contributed by atoms with Crippen molar-refractivity contribution in [3.63, 3.8) is 0 Å². The molecule has 40 heavy (non-hydrogen) atoms. The fraction of sp³-hybridized carbons (Fsp3) is 0.500. The Morgan fingerprint density at radius 3 is 2.25 bits per heavy atom. The molecular formula is C32H42N4O4. The van der Waals surface area contributed by atoms with Gasteiger partial charge in [0.1, 0.15) is 12.1 Å². The standard InChI is InChI=1S/C32H42N4O4/c1-32(2,3)40-29(37)24-35(20-18-25-10-6-4-7-11-25)31(39)36(21-19-26-12-8-5-9-13-26)30(38)34-23-28-16-14-27(22-33)15-17-28/h5,8-9,12-17,25H,4,6-7,10-11,18-21,23-24H2,1-3H3,(H,34,38). The van der Waals surface area contributed by atoms with Crippen molar-refractivity contribution in [1.29, 1.82) is 5.26 Å². The van der Waals surface area contributed by atoms with Crippen LogP contribution < -0.4 is 5.32 Å². The van der Waals surface area contributed by atoms with Crippen molar-refractivity contribution in [3.05, 3.63) is 71.3 Å². The molecule has 1 fully saturated rings. The second-order valence-electron chi connectivity index (χ2n) is 11.4. The van der Waals surface area contributed by atoms with E-state index >= 15 is 0 Å². The van der Waals surface area contributed by atoms with Crippen LogP contribution in [0.3, 0.4) is 0 Å². The maximum Gasteiger partial charge on any atom is 0.328 e. The Hall–Kier alpha value is -3.86. The van der Waals surface area contributed by atoms with Crippen LogP contribution in [-0.4, -0.2) is 53.1 Å². The molecule has 2 aromatic carbocycles. The summed E-state index contributed by atoms with van der Waals surface area (Å²) in [5.41, 5.74) is 1.66. The summed E-state index contributed by atoms with van der Waals surface area (Å²) in [6.45, 7) is 5.91. The molecule has 0 heterocycles. The van der Waals surface area contributed by atoms with Gasteiger partial charge < -0.3 is 15.0 Å². The Kier molecular flexibility index (Phi) is 11.6. The minimum Gasteiger partial charge on any atom is -0.459 e. The fourth-order valence-electron chi connectivity index (χ4n) is 4.90. The SMILES string of the molecule is CC(C)(C)OC(=O)CN(CCC1CCCCC1)C(=O)N(CCc1ccccc1)C(=O)NCc1ccc(C#N)cc1. The summed E-state index contributed by atoms with van der Waals surface area (Å²) in [5, 5.41) is 11.9. The second-order valence-corrected chi connectivity index (χ2v) is 11.4. The first-order valence-electron chi connectivity index (χ1n) is 14.2. The number of carbonyl (C=O) groups is 3. The molecule has 1 N–H and O–H groups in total. The molecule has 0 aliphatic heterocycles. The number of imide groups is 1. The van der Waals surface area contributed by atoms with E-state index < -0.39 is 23.6 Å². The van der Waals surface area contributed by atoms with Gasteiger partial charge in [-0.3, -0.25) is 4.79 Å². The lowest BCUT2D eigenvalue weighted by Gasteiger charge is -2.32. The van der Waals surface area contributed by atoms with Gasteiger partial charge in [-0.25, -0.2) is 14.5 Å². The number of nitriles is 1. The molecule has 0 bridgehead atoms. The van der Waals surface area contributed by atoms with Crippen molar-refractivity contribution in [1.82, 2.24) is 15.1 Å². The maximum absolute atomic E-state index is 13.9. The lowest BCUT2D eigenvalue weighted by molar-refractivity contribution is -0.155. The van der Waals surface area contributed by atoms with Crippen LogP contribution in [0.1, 0.15) is 76.0 Å². The molecule has 2 aromatic rings. The first-order chi connectivity index (χ1) is 19.1. The predicted octanol–water partition coefficient (Wildman–Crippen LogP) is 6.05. The number of carbonyl (C=O) groups excluding carboxylic acids is 3. The van der Waals surface area contributed by atoms with Gasteiger partial charge in [0.15, 0.2) is 0 Å². The zero-order valence-corrected chi connectivity index (χ0v) is 24.0. The van der Waals surface area contributed by atoms with Gasteiger partial charge in [0.2, 0.25) is 0 Å². The van der Waals surface area contributed by atoms with Crippen LogP contribution in [0, 0.1) is 17.2 Å². The van der Waals surface area contributed by atoms with Crippen LogP contribution in [-0.2, 0) is 22.5 Å². The lowest BCUT2D eigenvalue weighted by atomic mass is 9.87. The monoisotopic (exact) mass is 546 g/mol. The first kappa shape index (κ1) is 30.7. The minimum atomic E-state index is -0.680. The summed E-state index contributed by atoms with van der Waals surface area (Å²) in [6, 6.07) is 17.6. The van der Waals surface area contributed by atoms with Crippen LogP contribution in [0.5, 0.6) is 0 Å². The Balaban J connectivity index is 1.77. The van der Waals surface area contributed by atoms with Crippen molar-refractivity contribution in [2.24, 2.45) is 5.92 Å². The zero-order chi connectivity index (χ0) is 29.0. The largest absolute Gasteiger partial charge is 0.459 e. The third-order valence-corrected chi connectivity index (χ3v) is 7.01. The minimum absolute atomic E-state index is 0.163. The highest BCUT2D eigenvalue weighted by Gasteiger charge is 2.30. The molecule has 0 spiro atoms. The molecule has 1 aliphatic carbocycles. The van der Waals surface area contributed by atoms with Gasteiger partial charge in [0.05, 0.1) is 11.6 Å². The van der Waals surface area contributed by atoms with E-state index in [0.717, 1.165) is 30.4 Å².